The van der Waals surface area contributed by atoms with Gasteiger partial charge in [0.1, 0.15) is 5.82 Å². The van der Waals surface area contributed by atoms with E-state index >= 15 is 0 Å². The van der Waals surface area contributed by atoms with Gasteiger partial charge in [0, 0.05) is 17.0 Å². The number of unbranched alkanes of at least 4 members (excludes halogenated alkanes) is 2. The molecule has 2 amide bonds. The number of hydrogen-bond donors (Lipinski definition) is 2. The second kappa shape index (κ2) is 9.49. The molecule has 0 fully saturated rings. The molecule has 3 aromatic rings. The second-order valence-electron chi connectivity index (χ2n) is 6.66. The fourth-order valence-electron chi connectivity index (χ4n) is 2.98. The molecule has 0 bridgehead atoms. The Bertz CT molecular complexity index is 1160. The van der Waals surface area contributed by atoms with E-state index in [0.29, 0.717) is 17.3 Å². The number of aryl methyl sites for hydroxylation is 1. The summed E-state index contributed by atoms with van der Waals surface area (Å²) >= 11 is 5.68. The Labute approximate surface area is 176 Å². The van der Waals surface area contributed by atoms with E-state index in [1.165, 1.54) is 16.8 Å². The summed E-state index contributed by atoms with van der Waals surface area (Å²) in [5.41, 5.74) is 3.81. The van der Waals surface area contributed by atoms with Crippen molar-refractivity contribution in [3.8, 4) is 0 Å². The lowest BCUT2D eigenvalue weighted by molar-refractivity contribution is 0.0841. The molecule has 30 heavy (non-hydrogen) atoms. The van der Waals surface area contributed by atoms with Gasteiger partial charge in [0.25, 0.3) is 17.4 Å². The highest BCUT2D eigenvalue weighted by Gasteiger charge is 2.18. The number of hydrazine groups is 1. The highest BCUT2D eigenvalue weighted by atomic mass is 35.5. The molecule has 0 saturated heterocycles. The quantitative estimate of drug-likeness (QED) is 0.462. The molecule has 0 spiro atoms. The van der Waals surface area contributed by atoms with Gasteiger partial charge >= 0.3 is 0 Å². The standard InChI is InChI=1S/C21H20ClFN4O3/c1-2-3-6-11-27-21(30)15-8-5-4-7-14(15)18(26-27)20(29)25-24-19(28)16-10-9-13(22)12-17(16)23/h4-5,7-10,12H,2-3,6,11H2,1H3,(H,24,28)(H,25,29). The number of carbonyl (C=O) groups excluding carboxylic acids is 2. The molecule has 7 nitrogen and oxygen atoms in total. The number of nitrogens with one attached hydrogen (secondary N) is 2. The van der Waals surface area contributed by atoms with E-state index in [1.807, 2.05) is 6.92 Å². The Hall–Kier alpha value is -3.26. The molecular formula is C21H20ClFN4O3. The van der Waals surface area contributed by atoms with Crippen molar-refractivity contribution in [2.75, 3.05) is 0 Å². The molecule has 1 aromatic heterocycles. The molecule has 2 aromatic carbocycles. The number of nitrogens with zero attached hydrogens (tertiary/aromatic N) is 2. The fourth-order valence-corrected chi connectivity index (χ4v) is 3.14. The van der Waals surface area contributed by atoms with E-state index < -0.39 is 17.6 Å². The summed E-state index contributed by atoms with van der Waals surface area (Å²) < 4.78 is 15.2. The fraction of sp³-hybridized carbons (Fsp3) is 0.238. The van der Waals surface area contributed by atoms with E-state index in [-0.39, 0.29) is 21.8 Å². The zero-order valence-electron chi connectivity index (χ0n) is 16.2. The number of aromatic nitrogens is 2. The van der Waals surface area contributed by atoms with Crippen LogP contribution in [0.4, 0.5) is 4.39 Å². The zero-order chi connectivity index (χ0) is 21.7. The molecule has 9 heteroatoms. The Morgan fingerprint density at radius 1 is 1.07 bits per heavy atom. The topological polar surface area (TPSA) is 93.1 Å². The minimum Gasteiger partial charge on any atom is -0.267 e. The van der Waals surface area contributed by atoms with E-state index in [2.05, 4.69) is 16.0 Å². The molecule has 1 heterocycles. The number of carbonyl (C=O) groups is 2. The summed E-state index contributed by atoms with van der Waals surface area (Å²) in [5, 5.41) is 5.06. The van der Waals surface area contributed by atoms with Crippen LogP contribution in [0, 0.1) is 5.82 Å². The van der Waals surface area contributed by atoms with E-state index in [1.54, 1.807) is 24.3 Å². The van der Waals surface area contributed by atoms with Crippen LogP contribution in [0.1, 0.15) is 47.0 Å². The van der Waals surface area contributed by atoms with Gasteiger partial charge in [-0.15, -0.1) is 0 Å². The van der Waals surface area contributed by atoms with Crippen LogP contribution in [0.5, 0.6) is 0 Å². The lowest BCUT2D eigenvalue weighted by atomic mass is 10.1. The second-order valence-corrected chi connectivity index (χ2v) is 7.10. The predicted molar refractivity (Wildman–Crippen MR) is 112 cm³/mol. The van der Waals surface area contributed by atoms with Crippen LogP contribution >= 0.6 is 11.6 Å². The van der Waals surface area contributed by atoms with Crippen molar-refractivity contribution >= 4 is 34.2 Å². The van der Waals surface area contributed by atoms with Crippen LogP contribution in [0.25, 0.3) is 10.8 Å². The summed E-state index contributed by atoms with van der Waals surface area (Å²) in [6.45, 7) is 2.42. The Morgan fingerprint density at radius 2 is 1.77 bits per heavy atom. The first-order chi connectivity index (χ1) is 14.4. The molecular weight excluding hydrogens is 411 g/mol. The molecule has 0 unspecified atom stereocenters. The van der Waals surface area contributed by atoms with Crippen LogP contribution in [0.2, 0.25) is 5.02 Å². The smallest absolute Gasteiger partial charge is 0.267 e. The van der Waals surface area contributed by atoms with Crippen molar-refractivity contribution in [2.45, 2.75) is 32.7 Å². The first-order valence-electron chi connectivity index (χ1n) is 9.48. The van der Waals surface area contributed by atoms with Crippen molar-refractivity contribution in [2.24, 2.45) is 0 Å². The molecule has 0 aliphatic carbocycles. The first-order valence-corrected chi connectivity index (χ1v) is 9.85. The molecule has 0 radical (unpaired) electrons. The van der Waals surface area contributed by atoms with E-state index in [9.17, 15) is 18.8 Å². The lowest BCUT2D eigenvalue weighted by Gasteiger charge is -2.12. The van der Waals surface area contributed by atoms with Gasteiger partial charge in [0.15, 0.2) is 5.69 Å². The van der Waals surface area contributed by atoms with Crippen molar-refractivity contribution < 1.29 is 14.0 Å². The van der Waals surface area contributed by atoms with Crippen molar-refractivity contribution in [3.63, 3.8) is 0 Å². The molecule has 2 N–H and O–H groups in total. The van der Waals surface area contributed by atoms with Gasteiger partial charge in [-0.05, 0) is 30.7 Å². The summed E-state index contributed by atoms with van der Waals surface area (Å²) in [5.74, 6) is -2.39. The van der Waals surface area contributed by atoms with Gasteiger partial charge in [-0.2, -0.15) is 5.10 Å². The van der Waals surface area contributed by atoms with Crippen molar-refractivity contribution in [1.29, 1.82) is 0 Å². The molecule has 0 saturated carbocycles. The van der Waals surface area contributed by atoms with E-state index in [0.717, 1.165) is 25.3 Å². The third-order valence-electron chi connectivity index (χ3n) is 4.52. The molecule has 0 aliphatic rings. The maximum Gasteiger partial charge on any atom is 0.290 e. The minimum absolute atomic E-state index is 0.0152. The van der Waals surface area contributed by atoms with Crippen LogP contribution in [-0.2, 0) is 6.54 Å². The summed E-state index contributed by atoms with van der Waals surface area (Å²) in [6.07, 6.45) is 2.64. The summed E-state index contributed by atoms with van der Waals surface area (Å²) in [7, 11) is 0. The first kappa shape index (κ1) is 21.4. The number of benzene rings is 2. The summed E-state index contributed by atoms with van der Waals surface area (Å²) in [6, 6.07) is 10.2. The van der Waals surface area contributed by atoms with Gasteiger partial charge < -0.3 is 0 Å². The number of fused-ring (bicyclic) bond motifs is 1. The molecule has 0 atom stereocenters. The van der Waals surface area contributed by atoms with Crippen LogP contribution in [0.15, 0.2) is 47.3 Å². The van der Waals surface area contributed by atoms with Gasteiger partial charge in [-0.25, -0.2) is 9.07 Å². The molecule has 0 aliphatic heterocycles. The Balaban J connectivity index is 1.85. The van der Waals surface area contributed by atoms with Gasteiger partial charge in [-0.1, -0.05) is 49.6 Å². The molecule has 3 rings (SSSR count). The van der Waals surface area contributed by atoms with Crippen molar-refractivity contribution in [3.05, 3.63) is 74.9 Å². The number of rotatable bonds is 6. The van der Waals surface area contributed by atoms with Gasteiger partial charge in [0.2, 0.25) is 0 Å². The highest BCUT2D eigenvalue weighted by Crippen LogP contribution is 2.15. The normalized spacial score (nSPS) is 10.8. The van der Waals surface area contributed by atoms with Crippen LogP contribution in [-0.4, -0.2) is 21.6 Å². The van der Waals surface area contributed by atoms with Gasteiger partial charge in [0.05, 0.1) is 10.9 Å². The number of amides is 2. The average Bonchev–Trinajstić information content (AvgIpc) is 2.73. The maximum atomic E-state index is 13.9. The zero-order valence-corrected chi connectivity index (χ0v) is 17.0. The summed E-state index contributed by atoms with van der Waals surface area (Å²) in [4.78, 5) is 37.6. The van der Waals surface area contributed by atoms with E-state index in [4.69, 9.17) is 11.6 Å². The van der Waals surface area contributed by atoms with Crippen LogP contribution < -0.4 is 16.4 Å². The SMILES string of the molecule is CCCCCn1nc(C(=O)NNC(=O)c2ccc(Cl)cc2F)c2ccccc2c1=O. The monoisotopic (exact) mass is 430 g/mol. The highest BCUT2D eigenvalue weighted by molar-refractivity contribution is 6.30. The third-order valence-corrected chi connectivity index (χ3v) is 4.76. The lowest BCUT2D eigenvalue weighted by Crippen LogP contribution is -2.43. The molecule has 156 valence electrons. The average molecular weight is 431 g/mol. The number of hydrogen-bond acceptors (Lipinski definition) is 4. The van der Waals surface area contributed by atoms with Crippen LogP contribution in [0.3, 0.4) is 0 Å². The maximum absolute atomic E-state index is 13.9. The Kier molecular flexibility index (Phi) is 6.79. The number of halogens is 2. The largest absolute Gasteiger partial charge is 0.290 e. The minimum atomic E-state index is -0.849. The predicted octanol–water partition coefficient (Wildman–Crippen LogP) is 3.45. The third kappa shape index (κ3) is 4.65. The van der Waals surface area contributed by atoms with Gasteiger partial charge in [-0.3, -0.25) is 25.2 Å². The Morgan fingerprint density at radius 3 is 2.47 bits per heavy atom. The van der Waals surface area contributed by atoms with Crippen molar-refractivity contribution in [1.82, 2.24) is 20.6 Å².